The molecule has 2 heteroatoms. The second kappa shape index (κ2) is 7.32. The van der Waals surface area contributed by atoms with Gasteiger partial charge in [0.1, 0.15) is 0 Å². The Morgan fingerprint density at radius 1 is 1.58 bits per heavy atom. The van der Waals surface area contributed by atoms with Crippen molar-refractivity contribution < 1.29 is 4.74 Å². The Morgan fingerprint density at radius 2 is 2.25 bits per heavy atom. The van der Waals surface area contributed by atoms with E-state index in [-0.39, 0.29) is 0 Å². The number of hydrogen-bond acceptors (Lipinski definition) is 2. The molecular formula is C10H21NO. The summed E-state index contributed by atoms with van der Waals surface area (Å²) in [6.07, 6.45) is 4.35. The highest BCUT2D eigenvalue weighted by Gasteiger charge is 2.09. The number of ether oxygens (including phenoxy) is 1. The summed E-state index contributed by atoms with van der Waals surface area (Å²) in [6, 6.07) is 0.516. The Kier molecular flexibility index (Phi) is 7.11. The zero-order valence-corrected chi connectivity index (χ0v) is 8.47. The van der Waals surface area contributed by atoms with Crippen LogP contribution in [0.5, 0.6) is 0 Å². The minimum atomic E-state index is 0.328. The van der Waals surface area contributed by atoms with E-state index in [1.54, 1.807) is 7.11 Å². The molecule has 0 saturated carbocycles. The third-order valence-electron chi connectivity index (χ3n) is 1.96. The molecule has 12 heavy (non-hydrogen) atoms. The van der Waals surface area contributed by atoms with E-state index in [1.807, 2.05) is 6.08 Å². The van der Waals surface area contributed by atoms with E-state index in [4.69, 9.17) is 4.74 Å². The molecule has 0 aromatic heterocycles. The molecule has 0 heterocycles. The molecule has 2 unspecified atom stereocenters. The van der Waals surface area contributed by atoms with Gasteiger partial charge in [0.05, 0.1) is 6.10 Å². The lowest BCUT2D eigenvalue weighted by atomic mass is 10.1. The smallest absolute Gasteiger partial charge is 0.0558 e. The predicted molar refractivity (Wildman–Crippen MR) is 53.4 cm³/mol. The van der Waals surface area contributed by atoms with Crippen LogP contribution in [0, 0.1) is 0 Å². The molecule has 0 aliphatic rings. The fourth-order valence-corrected chi connectivity index (χ4v) is 1.25. The fraction of sp³-hybridized carbons (Fsp3) is 0.800. The molecule has 0 aliphatic heterocycles. The first-order valence-corrected chi connectivity index (χ1v) is 4.61. The second-order valence-corrected chi connectivity index (χ2v) is 3.06. The molecule has 0 fully saturated rings. The van der Waals surface area contributed by atoms with E-state index in [0.717, 1.165) is 19.4 Å². The van der Waals surface area contributed by atoms with Crippen molar-refractivity contribution >= 4 is 0 Å². The Labute approximate surface area is 76.0 Å². The third kappa shape index (κ3) is 5.33. The largest absolute Gasteiger partial charge is 0.382 e. The quantitative estimate of drug-likeness (QED) is 0.591. The van der Waals surface area contributed by atoms with E-state index in [0.29, 0.717) is 12.1 Å². The van der Waals surface area contributed by atoms with Gasteiger partial charge in [-0.25, -0.2) is 0 Å². The lowest BCUT2D eigenvalue weighted by molar-refractivity contribution is 0.101. The maximum atomic E-state index is 5.20. The summed E-state index contributed by atoms with van der Waals surface area (Å²) in [7, 11) is 1.75. The van der Waals surface area contributed by atoms with Crippen LogP contribution in [0.2, 0.25) is 0 Å². The lowest BCUT2D eigenvalue weighted by Gasteiger charge is -2.19. The van der Waals surface area contributed by atoms with Gasteiger partial charge >= 0.3 is 0 Å². The number of rotatable bonds is 7. The molecule has 0 saturated heterocycles. The van der Waals surface area contributed by atoms with Gasteiger partial charge in [-0.2, -0.15) is 0 Å². The van der Waals surface area contributed by atoms with Gasteiger partial charge in [-0.15, -0.1) is 6.58 Å². The van der Waals surface area contributed by atoms with Crippen LogP contribution in [0.1, 0.15) is 26.7 Å². The zero-order valence-electron chi connectivity index (χ0n) is 8.47. The second-order valence-electron chi connectivity index (χ2n) is 3.06. The van der Waals surface area contributed by atoms with E-state index in [9.17, 15) is 0 Å². The SMILES string of the molecule is C=CCC(CC(C)OC)NCC. The molecule has 0 aliphatic carbocycles. The Bertz CT molecular complexity index is 114. The van der Waals surface area contributed by atoms with E-state index in [1.165, 1.54) is 0 Å². The summed E-state index contributed by atoms with van der Waals surface area (Å²) in [5, 5.41) is 3.40. The molecule has 1 N–H and O–H groups in total. The van der Waals surface area contributed by atoms with Crippen molar-refractivity contribution in [1.82, 2.24) is 5.32 Å². The van der Waals surface area contributed by atoms with E-state index < -0.39 is 0 Å². The first kappa shape index (κ1) is 11.7. The van der Waals surface area contributed by atoms with E-state index in [2.05, 4.69) is 25.7 Å². The maximum absolute atomic E-state index is 5.20. The van der Waals surface area contributed by atoms with Gasteiger partial charge in [0.25, 0.3) is 0 Å². The minimum Gasteiger partial charge on any atom is -0.382 e. The van der Waals surface area contributed by atoms with Crippen LogP contribution < -0.4 is 5.32 Å². The summed E-state index contributed by atoms with van der Waals surface area (Å²) >= 11 is 0. The van der Waals surface area contributed by atoms with Crippen molar-refractivity contribution in [2.24, 2.45) is 0 Å². The average Bonchev–Trinajstić information content (AvgIpc) is 2.05. The van der Waals surface area contributed by atoms with Crippen LogP contribution >= 0.6 is 0 Å². The number of nitrogens with one attached hydrogen (secondary N) is 1. The molecule has 0 aromatic rings. The number of hydrogen-bond donors (Lipinski definition) is 1. The molecule has 0 aromatic carbocycles. The highest BCUT2D eigenvalue weighted by Crippen LogP contribution is 2.05. The molecule has 0 spiro atoms. The summed E-state index contributed by atoms with van der Waals surface area (Å²) in [4.78, 5) is 0. The van der Waals surface area contributed by atoms with Crippen LogP contribution in [0.25, 0.3) is 0 Å². The van der Waals surface area contributed by atoms with Crippen molar-refractivity contribution in [1.29, 1.82) is 0 Å². The van der Waals surface area contributed by atoms with Gasteiger partial charge in [0.2, 0.25) is 0 Å². The van der Waals surface area contributed by atoms with Gasteiger partial charge in [-0.3, -0.25) is 0 Å². The normalized spacial score (nSPS) is 15.6. The Hall–Kier alpha value is -0.340. The average molecular weight is 171 g/mol. The Balaban J connectivity index is 3.68. The van der Waals surface area contributed by atoms with Crippen molar-refractivity contribution in [3.8, 4) is 0 Å². The summed E-state index contributed by atoms with van der Waals surface area (Å²) in [5.41, 5.74) is 0. The molecule has 2 nitrogen and oxygen atoms in total. The summed E-state index contributed by atoms with van der Waals surface area (Å²) in [5.74, 6) is 0. The predicted octanol–water partition coefficient (Wildman–Crippen LogP) is 1.97. The standard InChI is InChI=1S/C10H21NO/c1-5-7-10(11-6-2)8-9(3)12-4/h5,9-11H,1,6-8H2,2-4H3. The third-order valence-corrected chi connectivity index (χ3v) is 1.96. The monoisotopic (exact) mass is 171 g/mol. The van der Waals surface area contributed by atoms with Gasteiger partial charge in [-0.1, -0.05) is 13.0 Å². The number of methoxy groups -OCH3 is 1. The van der Waals surface area contributed by atoms with Crippen LogP contribution in [-0.4, -0.2) is 25.8 Å². The van der Waals surface area contributed by atoms with Crippen molar-refractivity contribution in [3.05, 3.63) is 12.7 Å². The first-order chi connectivity index (χ1) is 5.74. The molecule has 72 valence electrons. The topological polar surface area (TPSA) is 21.3 Å². The fourth-order valence-electron chi connectivity index (χ4n) is 1.25. The van der Waals surface area contributed by atoms with Gasteiger partial charge in [-0.05, 0) is 26.3 Å². The van der Waals surface area contributed by atoms with Crippen molar-refractivity contribution in [3.63, 3.8) is 0 Å². The molecule has 0 rings (SSSR count). The molecular weight excluding hydrogens is 150 g/mol. The van der Waals surface area contributed by atoms with Crippen LogP contribution in [0.4, 0.5) is 0 Å². The zero-order chi connectivity index (χ0) is 9.40. The maximum Gasteiger partial charge on any atom is 0.0558 e. The van der Waals surface area contributed by atoms with Gasteiger partial charge < -0.3 is 10.1 Å². The van der Waals surface area contributed by atoms with Crippen LogP contribution in [-0.2, 0) is 4.74 Å². The lowest BCUT2D eigenvalue weighted by Crippen LogP contribution is -2.31. The molecule has 0 radical (unpaired) electrons. The van der Waals surface area contributed by atoms with Crippen LogP contribution in [0.3, 0.4) is 0 Å². The highest BCUT2D eigenvalue weighted by molar-refractivity contribution is 4.79. The highest BCUT2D eigenvalue weighted by atomic mass is 16.5. The molecule has 0 bridgehead atoms. The van der Waals surface area contributed by atoms with Gasteiger partial charge in [0.15, 0.2) is 0 Å². The molecule has 2 atom stereocenters. The minimum absolute atomic E-state index is 0.328. The Morgan fingerprint density at radius 3 is 2.67 bits per heavy atom. The summed E-state index contributed by atoms with van der Waals surface area (Å²) < 4.78 is 5.20. The first-order valence-electron chi connectivity index (χ1n) is 4.61. The molecule has 0 amide bonds. The summed E-state index contributed by atoms with van der Waals surface area (Å²) in [6.45, 7) is 8.95. The van der Waals surface area contributed by atoms with Crippen LogP contribution in [0.15, 0.2) is 12.7 Å². The van der Waals surface area contributed by atoms with E-state index >= 15 is 0 Å². The van der Waals surface area contributed by atoms with Crippen molar-refractivity contribution in [2.75, 3.05) is 13.7 Å². The van der Waals surface area contributed by atoms with Gasteiger partial charge in [0, 0.05) is 13.2 Å². The van der Waals surface area contributed by atoms with Crippen molar-refractivity contribution in [2.45, 2.75) is 38.8 Å².